The maximum Gasteiger partial charge on any atom is 0.416 e. The number of alkyl halides is 3. The Labute approximate surface area is 79.3 Å². The van der Waals surface area contributed by atoms with E-state index in [1.165, 1.54) is 19.1 Å². The van der Waals surface area contributed by atoms with Crippen molar-refractivity contribution in [1.29, 1.82) is 0 Å². The van der Waals surface area contributed by atoms with Crippen LogP contribution >= 0.6 is 0 Å². The van der Waals surface area contributed by atoms with Gasteiger partial charge in [0, 0.05) is 0 Å². The molecule has 2 N–H and O–H groups in total. The molecular formula is C9H9F3N2. The molecule has 0 aromatic heterocycles. The van der Waals surface area contributed by atoms with Crippen LogP contribution < -0.4 is 5.73 Å². The van der Waals surface area contributed by atoms with Crippen molar-refractivity contribution in [1.82, 2.24) is 0 Å². The van der Waals surface area contributed by atoms with E-state index in [4.69, 9.17) is 5.73 Å². The standard InChI is InChI=1S/C9H9F3N2/c1-6(13)14-8-4-2-3-7(5-8)9(10,11)12/h2-5H,1H3,(H2,13,14). The second kappa shape index (κ2) is 3.69. The molecule has 0 fully saturated rings. The van der Waals surface area contributed by atoms with Crippen molar-refractivity contribution in [2.24, 2.45) is 10.7 Å². The first-order chi connectivity index (χ1) is 6.39. The van der Waals surface area contributed by atoms with E-state index in [-0.39, 0.29) is 11.5 Å². The van der Waals surface area contributed by atoms with Gasteiger partial charge in [-0.05, 0) is 25.1 Å². The predicted molar refractivity (Wildman–Crippen MR) is 48.4 cm³/mol. The number of hydrogen-bond acceptors (Lipinski definition) is 1. The third kappa shape index (κ3) is 2.76. The average molecular weight is 202 g/mol. The Bertz CT molecular complexity index is 351. The lowest BCUT2D eigenvalue weighted by molar-refractivity contribution is -0.137. The number of hydrogen-bond donors (Lipinski definition) is 1. The highest BCUT2D eigenvalue weighted by atomic mass is 19.4. The quantitative estimate of drug-likeness (QED) is 0.551. The molecular weight excluding hydrogens is 193 g/mol. The maximum atomic E-state index is 12.2. The third-order valence-electron chi connectivity index (χ3n) is 1.48. The second-order valence-corrected chi connectivity index (χ2v) is 2.80. The minimum Gasteiger partial charge on any atom is -0.387 e. The Morgan fingerprint density at radius 3 is 2.50 bits per heavy atom. The second-order valence-electron chi connectivity index (χ2n) is 2.80. The monoisotopic (exact) mass is 202 g/mol. The van der Waals surface area contributed by atoms with E-state index in [1.54, 1.807) is 0 Å². The zero-order valence-electron chi connectivity index (χ0n) is 7.47. The van der Waals surface area contributed by atoms with E-state index in [9.17, 15) is 13.2 Å². The Balaban J connectivity index is 3.08. The Hall–Kier alpha value is -1.52. The Morgan fingerprint density at radius 2 is 2.00 bits per heavy atom. The number of nitrogens with two attached hydrogens (primary N) is 1. The van der Waals surface area contributed by atoms with Crippen molar-refractivity contribution in [2.45, 2.75) is 13.1 Å². The molecule has 0 bridgehead atoms. The summed E-state index contributed by atoms with van der Waals surface area (Å²) in [4.78, 5) is 3.73. The SMILES string of the molecule is CC(N)=Nc1cccc(C(F)(F)F)c1. The Kier molecular flexibility index (Phi) is 2.78. The Morgan fingerprint density at radius 1 is 1.36 bits per heavy atom. The maximum absolute atomic E-state index is 12.2. The molecule has 0 aliphatic heterocycles. The molecule has 14 heavy (non-hydrogen) atoms. The van der Waals surface area contributed by atoms with Crippen LogP contribution in [0.4, 0.5) is 18.9 Å². The van der Waals surface area contributed by atoms with Gasteiger partial charge in [0.1, 0.15) is 0 Å². The van der Waals surface area contributed by atoms with Crippen LogP contribution in [-0.4, -0.2) is 5.84 Å². The van der Waals surface area contributed by atoms with Gasteiger partial charge < -0.3 is 5.73 Å². The van der Waals surface area contributed by atoms with Gasteiger partial charge in [0.2, 0.25) is 0 Å². The fourth-order valence-corrected chi connectivity index (χ4v) is 0.955. The van der Waals surface area contributed by atoms with E-state index in [0.717, 1.165) is 12.1 Å². The number of amidine groups is 1. The van der Waals surface area contributed by atoms with Crippen LogP contribution in [0.5, 0.6) is 0 Å². The summed E-state index contributed by atoms with van der Waals surface area (Å²) < 4.78 is 36.7. The molecule has 0 atom stereocenters. The first-order valence-electron chi connectivity index (χ1n) is 3.87. The normalized spacial score (nSPS) is 13.0. The highest BCUT2D eigenvalue weighted by Crippen LogP contribution is 2.31. The van der Waals surface area contributed by atoms with Crippen molar-refractivity contribution >= 4 is 11.5 Å². The molecule has 5 heteroatoms. The lowest BCUT2D eigenvalue weighted by Crippen LogP contribution is -2.05. The molecule has 1 aromatic rings. The van der Waals surface area contributed by atoms with Gasteiger partial charge in [-0.3, -0.25) is 0 Å². The number of benzene rings is 1. The van der Waals surface area contributed by atoms with Crippen LogP contribution in [-0.2, 0) is 6.18 Å². The number of rotatable bonds is 1. The molecule has 0 spiro atoms. The topological polar surface area (TPSA) is 38.4 Å². The first kappa shape index (κ1) is 10.6. The highest BCUT2D eigenvalue weighted by Gasteiger charge is 2.30. The average Bonchev–Trinajstić information content (AvgIpc) is 2.01. The molecule has 0 unspecified atom stereocenters. The number of nitrogens with zero attached hydrogens (tertiary/aromatic N) is 1. The molecule has 0 aliphatic rings. The molecule has 0 saturated carbocycles. The van der Waals surface area contributed by atoms with Crippen LogP contribution in [0.3, 0.4) is 0 Å². The van der Waals surface area contributed by atoms with Gasteiger partial charge in [0.25, 0.3) is 0 Å². The van der Waals surface area contributed by atoms with Gasteiger partial charge in [0.15, 0.2) is 0 Å². The summed E-state index contributed by atoms with van der Waals surface area (Å²) in [6.45, 7) is 1.51. The lowest BCUT2D eigenvalue weighted by atomic mass is 10.2. The summed E-state index contributed by atoms with van der Waals surface area (Å²) >= 11 is 0. The van der Waals surface area contributed by atoms with Crippen LogP contribution in [0.15, 0.2) is 29.3 Å². The molecule has 76 valence electrons. The van der Waals surface area contributed by atoms with E-state index < -0.39 is 11.7 Å². The van der Waals surface area contributed by atoms with Crippen LogP contribution in [0.1, 0.15) is 12.5 Å². The minimum atomic E-state index is -4.34. The van der Waals surface area contributed by atoms with Gasteiger partial charge in [-0.25, -0.2) is 4.99 Å². The van der Waals surface area contributed by atoms with Crippen LogP contribution in [0.25, 0.3) is 0 Å². The van der Waals surface area contributed by atoms with Crippen LogP contribution in [0.2, 0.25) is 0 Å². The summed E-state index contributed by atoms with van der Waals surface area (Å²) in [5.74, 6) is 0.226. The summed E-state index contributed by atoms with van der Waals surface area (Å²) in [5.41, 5.74) is 4.74. The smallest absolute Gasteiger partial charge is 0.387 e. The van der Waals surface area contributed by atoms with Gasteiger partial charge in [-0.1, -0.05) is 6.07 Å². The van der Waals surface area contributed by atoms with Crippen molar-refractivity contribution in [3.8, 4) is 0 Å². The van der Waals surface area contributed by atoms with Gasteiger partial charge in [-0.15, -0.1) is 0 Å². The molecule has 1 aromatic carbocycles. The molecule has 0 aliphatic carbocycles. The summed E-state index contributed by atoms with van der Waals surface area (Å²) in [5, 5.41) is 0. The van der Waals surface area contributed by atoms with E-state index in [2.05, 4.69) is 4.99 Å². The molecule has 0 heterocycles. The number of aliphatic imine (C=N–C) groups is 1. The van der Waals surface area contributed by atoms with Gasteiger partial charge in [0.05, 0.1) is 17.1 Å². The summed E-state index contributed by atoms with van der Waals surface area (Å²) in [6, 6.07) is 4.71. The summed E-state index contributed by atoms with van der Waals surface area (Å²) in [6.07, 6.45) is -4.34. The van der Waals surface area contributed by atoms with Crippen molar-refractivity contribution in [3.05, 3.63) is 29.8 Å². The largest absolute Gasteiger partial charge is 0.416 e. The summed E-state index contributed by atoms with van der Waals surface area (Å²) in [7, 11) is 0. The molecule has 0 saturated heterocycles. The van der Waals surface area contributed by atoms with Crippen molar-refractivity contribution in [2.75, 3.05) is 0 Å². The van der Waals surface area contributed by atoms with Crippen molar-refractivity contribution in [3.63, 3.8) is 0 Å². The predicted octanol–water partition coefficient (Wildman–Crippen LogP) is 2.71. The lowest BCUT2D eigenvalue weighted by Gasteiger charge is -2.06. The zero-order valence-corrected chi connectivity index (χ0v) is 7.47. The van der Waals surface area contributed by atoms with Crippen LogP contribution in [0, 0.1) is 0 Å². The highest BCUT2D eigenvalue weighted by molar-refractivity contribution is 5.80. The molecule has 1 rings (SSSR count). The molecule has 2 nitrogen and oxygen atoms in total. The van der Waals surface area contributed by atoms with E-state index >= 15 is 0 Å². The minimum absolute atomic E-state index is 0.208. The number of halogens is 3. The fourth-order valence-electron chi connectivity index (χ4n) is 0.955. The molecule has 0 amide bonds. The molecule has 0 radical (unpaired) electrons. The third-order valence-corrected chi connectivity index (χ3v) is 1.48. The van der Waals surface area contributed by atoms with Crippen molar-refractivity contribution < 1.29 is 13.2 Å². The van der Waals surface area contributed by atoms with Gasteiger partial charge in [-0.2, -0.15) is 13.2 Å². The first-order valence-corrected chi connectivity index (χ1v) is 3.87. The zero-order chi connectivity index (χ0) is 10.8. The fraction of sp³-hybridized carbons (Fsp3) is 0.222. The van der Waals surface area contributed by atoms with E-state index in [1.807, 2.05) is 0 Å². The van der Waals surface area contributed by atoms with Gasteiger partial charge >= 0.3 is 6.18 Å². The van der Waals surface area contributed by atoms with E-state index in [0.29, 0.717) is 0 Å².